The molecule has 4 aromatic rings. The average Bonchev–Trinajstić information content (AvgIpc) is 3.34. The largest absolute Gasteiger partial charge is 0.307 e. The van der Waals surface area contributed by atoms with E-state index in [9.17, 15) is 4.79 Å². The van der Waals surface area contributed by atoms with E-state index in [0.717, 1.165) is 22.5 Å². The molecule has 0 aliphatic rings. The number of carbonyl (C=O) groups is 1. The van der Waals surface area contributed by atoms with Gasteiger partial charge in [0.15, 0.2) is 0 Å². The molecule has 2 heterocycles. The number of amides is 1. The van der Waals surface area contributed by atoms with E-state index in [2.05, 4.69) is 41.6 Å². The first-order chi connectivity index (χ1) is 14.1. The van der Waals surface area contributed by atoms with Gasteiger partial charge >= 0.3 is 0 Å². The van der Waals surface area contributed by atoms with Crippen molar-refractivity contribution >= 4 is 29.1 Å². The fourth-order valence-corrected chi connectivity index (χ4v) is 3.65. The van der Waals surface area contributed by atoms with Gasteiger partial charge in [-0.25, -0.2) is 4.98 Å². The monoisotopic (exact) mass is 400 g/mol. The summed E-state index contributed by atoms with van der Waals surface area (Å²) in [6.07, 6.45) is 3.30. The highest BCUT2D eigenvalue weighted by atomic mass is 32.1. The Labute approximate surface area is 173 Å². The molecule has 0 unspecified atom stereocenters. The molecule has 5 nitrogen and oxygen atoms in total. The summed E-state index contributed by atoms with van der Waals surface area (Å²) >= 11 is 1.49. The lowest BCUT2D eigenvalue weighted by molar-refractivity contribution is -0.111. The van der Waals surface area contributed by atoms with Crippen molar-refractivity contribution in [2.45, 2.75) is 13.8 Å². The second kappa shape index (κ2) is 8.24. The van der Waals surface area contributed by atoms with E-state index in [4.69, 9.17) is 4.98 Å². The molecule has 0 fully saturated rings. The van der Waals surface area contributed by atoms with Crippen molar-refractivity contribution in [3.8, 4) is 16.4 Å². The topological polar surface area (TPSA) is 59.8 Å². The molecule has 0 atom stereocenters. The first kappa shape index (κ1) is 18.8. The van der Waals surface area contributed by atoms with Crippen LogP contribution in [0, 0.1) is 13.8 Å². The number of hydrogen-bond acceptors (Lipinski definition) is 4. The van der Waals surface area contributed by atoms with Crippen molar-refractivity contribution in [3.63, 3.8) is 0 Å². The van der Waals surface area contributed by atoms with Crippen molar-refractivity contribution in [1.29, 1.82) is 0 Å². The van der Waals surface area contributed by atoms with E-state index in [1.165, 1.54) is 23.0 Å². The molecular weight excluding hydrogens is 380 g/mol. The Balaban J connectivity index is 1.55. The van der Waals surface area contributed by atoms with Gasteiger partial charge in [-0.3, -0.25) is 4.79 Å². The molecule has 6 heteroatoms. The normalized spacial score (nSPS) is 11.1. The Morgan fingerprint density at radius 2 is 1.83 bits per heavy atom. The quantitative estimate of drug-likeness (QED) is 0.465. The molecule has 2 aromatic heterocycles. The lowest BCUT2D eigenvalue weighted by atomic mass is 10.1. The second-order valence-corrected chi connectivity index (χ2v) is 7.53. The maximum absolute atomic E-state index is 12.4. The van der Waals surface area contributed by atoms with E-state index in [-0.39, 0.29) is 5.91 Å². The molecule has 0 bridgehead atoms. The SMILES string of the molecule is Cc1ccc(-c2csc(-n3nc(C)cc3NC(=O)/C=C\c3ccccc3)n2)cc1. The number of rotatable bonds is 5. The smallest absolute Gasteiger partial charge is 0.249 e. The summed E-state index contributed by atoms with van der Waals surface area (Å²) in [4.78, 5) is 17.1. The van der Waals surface area contributed by atoms with Crippen molar-refractivity contribution in [2.75, 3.05) is 5.32 Å². The van der Waals surface area contributed by atoms with Crippen molar-refractivity contribution in [2.24, 2.45) is 0 Å². The number of carbonyl (C=O) groups excluding carboxylic acids is 1. The summed E-state index contributed by atoms with van der Waals surface area (Å²) in [5.41, 5.74) is 4.92. The van der Waals surface area contributed by atoms with Crippen LogP contribution in [0.4, 0.5) is 5.82 Å². The molecular formula is C23H20N4OS. The molecule has 0 radical (unpaired) electrons. The first-order valence-corrected chi connectivity index (χ1v) is 10.1. The molecule has 0 saturated heterocycles. The minimum atomic E-state index is -0.217. The van der Waals surface area contributed by atoms with E-state index < -0.39 is 0 Å². The molecule has 4 rings (SSSR count). The highest BCUT2D eigenvalue weighted by molar-refractivity contribution is 7.12. The number of nitrogens with zero attached hydrogens (tertiary/aromatic N) is 3. The summed E-state index contributed by atoms with van der Waals surface area (Å²) < 4.78 is 1.67. The Bertz CT molecular complexity index is 1160. The second-order valence-electron chi connectivity index (χ2n) is 6.70. The number of aryl methyl sites for hydroxylation is 2. The average molecular weight is 401 g/mol. The molecule has 0 saturated carbocycles. The number of hydrogen-bond donors (Lipinski definition) is 1. The van der Waals surface area contributed by atoms with Gasteiger partial charge < -0.3 is 5.32 Å². The molecule has 29 heavy (non-hydrogen) atoms. The molecule has 0 aliphatic carbocycles. The molecule has 1 N–H and O–H groups in total. The minimum Gasteiger partial charge on any atom is -0.307 e. The van der Waals surface area contributed by atoms with E-state index in [1.54, 1.807) is 10.8 Å². The standard InChI is InChI=1S/C23H20N4OS/c1-16-8-11-19(12-9-16)20-15-29-23(24-20)27-21(14-17(2)26-27)25-22(28)13-10-18-6-4-3-5-7-18/h3-15H,1-2H3,(H,25,28)/b13-10-. The van der Waals surface area contributed by atoms with Crippen LogP contribution in [0.25, 0.3) is 22.5 Å². The third-order valence-electron chi connectivity index (χ3n) is 4.33. The van der Waals surface area contributed by atoms with Gasteiger partial charge in [0.2, 0.25) is 11.0 Å². The van der Waals surface area contributed by atoms with Gasteiger partial charge in [-0.1, -0.05) is 60.2 Å². The maximum atomic E-state index is 12.4. The fraction of sp³-hybridized carbons (Fsp3) is 0.0870. The molecule has 2 aromatic carbocycles. The van der Waals surface area contributed by atoms with Gasteiger partial charge in [0.25, 0.3) is 0 Å². The lowest BCUT2D eigenvalue weighted by Gasteiger charge is -2.04. The van der Waals surface area contributed by atoms with Crippen molar-refractivity contribution in [3.05, 3.63) is 88.9 Å². The molecule has 0 aliphatic heterocycles. The van der Waals surface area contributed by atoms with Gasteiger partial charge in [-0.2, -0.15) is 9.78 Å². The Morgan fingerprint density at radius 1 is 1.07 bits per heavy atom. The van der Waals surface area contributed by atoms with E-state index >= 15 is 0 Å². The van der Waals surface area contributed by atoms with Crippen LogP contribution in [-0.2, 0) is 4.79 Å². The summed E-state index contributed by atoms with van der Waals surface area (Å²) in [5.74, 6) is 0.375. The van der Waals surface area contributed by atoms with E-state index in [1.807, 2.05) is 48.7 Å². The third kappa shape index (κ3) is 4.50. The minimum absolute atomic E-state index is 0.217. The van der Waals surface area contributed by atoms with Crippen LogP contribution in [0.5, 0.6) is 0 Å². The molecule has 1 amide bonds. The predicted molar refractivity (Wildman–Crippen MR) is 118 cm³/mol. The van der Waals surface area contributed by atoms with Crippen molar-refractivity contribution < 1.29 is 4.79 Å². The van der Waals surface area contributed by atoms with Gasteiger partial charge in [0, 0.05) is 23.1 Å². The summed E-state index contributed by atoms with van der Waals surface area (Å²) in [6.45, 7) is 3.95. The highest BCUT2D eigenvalue weighted by Crippen LogP contribution is 2.26. The lowest BCUT2D eigenvalue weighted by Crippen LogP contribution is -2.12. The van der Waals surface area contributed by atoms with E-state index in [0.29, 0.717) is 10.9 Å². The number of anilines is 1. The van der Waals surface area contributed by atoms with Crippen LogP contribution >= 0.6 is 11.3 Å². The Kier molecular flexibility index (Phi) is 5.35. The van der Waals surface area contributed by atoms with Gasteiger partial charge in [-0.15, -0.1) is 11.3 Å². The van der Waals surface area contributed by atoms with Crippen LogP contribution in [0.1, 0.15) is 16.8 Å². The summed E-state index contributed by atoms with van der Waals surface area (Å²) in [6, 6.07) is 19.8. The summed E-state index contributed by atoms with van der Waals surface area (Å²) in [5, 5.41) is 10.1. The van der Waals surface area contributed by atoms with Gasteiger partial charge in [0.1, 0.15) is 5.82 Å². The molecule has 0 spiro atoms. The predicted octanol–water partition coefficient (Wildman–Crippen LogP) is 5.26. The number of aromatic nitrogens is 3. The zero-order valence-electron chi connectivity index (χ0n) is 16.2. The fourth-order valence-electron chi connectivity index (χ4n) is 2.86. The van der Waals surface area contributed by atoms with Crippen LogP contribution in [0.3, 0.4) is 0 Å². The highest BCUT2D eigenvalue weighted by Gasteiger charge is 2.13. The molecule has 144 valence electrons. The van der Waals surface area contributed by atoms with Crippen molar-refractivity contribution in [1.82, 2.24) is 14.8 Å². The maximum Gasteiger partial charge on any atom is 0.249 e. The summed E-state index contributed by atoms with van der Waals surface area (Å²) in [7, 11) is 0. The van der Waals surface area contributed by atoms with Crippen LogP contribution < -0.4 is 5.32 Å². The van der Waals surface area contributed by atoms with Crippen LogP contribution in [-0.4, -0.2) is 20.7 Å². The van der Waals surface area contributed by atoms with Gasteiger partial charge in [-0.05, 0) is 25.5 Å². The van der Waals surface area contributed by atoms with Crippen LogP contribution in [0.2, 0.25) is 0 Å². The Morgan fingerprint density at radius 3 is 2.59 bits per heavy atom. The van der Waals surface area contributed by atoms with Crippen LogP contribution in [0.15, 0.2) is 72.1 Å². The first-order valence-electron chi connectivity index (χ1n) is 9.22. The number of thiazole rings is 1. The van der Waals surface area contributed by atoms with Gasteiger partial charge in [0.05, 0.1) is 11.4 Å². The zero-order valence-corrected chi connectivity index (χ0v) is 17.0. The third-order valence-corrected chi connectivity index (χ3v) is 5.15. The number of benzene rings is 2. The Hall–Kier alpha value is -3.51. The number of nitrogens with one attached hydrogen (secondary N) is 1. The zero-order chi connectivity index (χ0) is 20.2.